The molecule has 0 saturated heterocycles. The molecule has 0 radical (unpaired) electrons. The lowest BCUT2D eigenvalue weighted by atomic mass is 9.88. The molecule has 0 aliphatic carbocycles. The molecule has 1 aromatic carbocycles. The van der Waals surface area contributed by atoms with Crippen LogP contribution in [-0.4, -0.2) is 0 Å². The van der Waals surface area contributed by atoms with Crippen molar-refractivity contribution in [2.24, 2.45) is 5.92 Å². The first-order valence-electron chi connectivity index (χ1n) is 7.14. The summed E-state index contributed by atoms with van der Waals surface area (Å²) in [7, 11) is 0. The van der Waals surface area contributed by atoms with E-state index in [2.05, 4.69) is 66.3 Å². The highest BCUT2D eigenvalue weighted by molar-refractivity contribution is 7.07. The lowest BCUT2D eigenvalue weighted by Gasteiger charge is -2.27. The first-order chi connectivity index (χ1) is 9.35. The summed E-state index contributed by atoms with van der Waals surface area (Å²) in [5.41, 5.74) is 2.79. The molecule has 0 amide bonds. The molecule has 1 aromatic heterocycles. The summed E-state index contributed by atoms with van der Waals surface area (Å²) in [6.45, 7) is 5.53. The molecular weight excluding hydrogens is 250 g/mol. The van der Waals surface area contributed by atoms with Crippen LogP contribution in [0.15, 0.2) is 47.2 Å². The van der Waals surface area contributed by atoms with Crippen LogP contribution in [0, 0.1) is 5.92 Å². The molecule has 0 spiro atoms. The van der Waals surface area contributed by atoms with Gasteiger partial charge in [-0.3, -0.25) is 0 Å². The van der Waals surface area contributed by atoms with E-state index in [-0.39, 0.29) is 0 Å². The first kappa shape index (κ1) is 14.3. The maximum Gasteiger partial charge on any atom is 0.0351 e. The van der Waals surface area contributed by atoms with Crippen LogP contribution in [0.4, 0.5) is 0 Å². The average Bonchev–Trinajstić information content (AvgIpc) is 2.97. The van der Waals surface area contributed by atoms with Gasteiger partial charge in [-0.25, -0.2) is 0 Å². The fraction of sp³-hybridized carbons (Fsp3) is 0.412. The molecule has 1 nitrogen and oxygen atoms in total. The molecule has 1 heterocycles. The molecule has 0 bridgehead atoms. The quantitative estimate of drug-likeness (QED) is 0.747. The van der Waals surface area contributed by atoms with Crippen LogP contribution < -0.4 is 5.32 Å². The maximum atomic E-state index is 3.75. The van der Waals surface area contributed by atoms with Crippen LogP contribution in [0.1, 0.15) is 43.9 Å². The fourth-order valence-electron chi connectivity index (χ4n) is 2.60. The van der Waals surface area contributed by atoms with Gasteiger partial charge in [-0.2, -0.15) is 11.3 Å². The summed E-state index contributed by atoms with van der Waals surface area (Å²) < 4.78 is 0. The van der Waals surface area contributed by atoms with Gasteiger partial charge in [-0.15, -0.1) is 0 Å². The van der Waals surface area contributed by atoms with Crippen molar-refractivity contribution >= 4 is 11.3 Å². The van der Waals surface area contributed by atoms with Crippen molar-refractivity contribution in [3.8, 4) is 0 Å². The summed E-state index contributed by atoms with van der Waals surface area (Å²) >= 11 is 1.77. The second-order valence-corrected chi connectivity index (χ2v) is 5.76. The summed E-state index contributed by atoms with van der Waals surface area (Å²) in [5.74, 6) is 0.695. The van der Waals surface area contributed by atoms with E-state index in [0.717, 1.165) is 6.54 Å². The zero-order valence-corrected chi connectivity index (χ0v) is 12.6. The average molecular weight is 273 g/mol. The van der Waals surface area contributed by atoms with Crippen molar-refractivity contribution in [3.63, 3.8) is 0 Å². The Kier molecular flexibility index (Phi) is 5.62. The minimum absolute atomic E-state index is 0.455. The SMILES string of the molecule is CCC(CC)C(NCc1ccsc1)c1ccccc1. The molecule has 1 N–H and O–H groups in total. The largest absolute Gasteiger partial charge is 0.306 e. The summed E-state index contributed by atoms with van der Waals surface area (Å²) in [4.78, 5) is 0. The van der Waals surface area contributed by atoms with Crippen LogP contribution in [-0.2, 0) is 6.54 Å². The second kappa shape index (κ2) is 7.46. The molecule has 102 valence electrons. The standard InChI is InChI=1S/C17H23NS/c1-3-15(4-2)17(16-8-6-5-7-9-16)18-12-14-10-11-19-13-14/h5-11,13,15,17-18H,3-4,12H2,1-2H3. The van der Waals surface area contributed by atoms with E-state index in [1.54, 1.807) is 11.3 Å². The van der Waals surface area contributed by atoms with Crippen molar-refractivity contribution in [3.05, 3.63) is 58.3 Å². The van der Waals surface area contributed by atoms with Gasteiger partial charge in [0.15, 0.2) is 0 Å². The van der Waals surface area contributed by atoms with Crippen molar-refractivity contribution < 1.29 is 0 Å². The molecule has 0 saturated carbocycles. The van der Waals surface area contributed by atoms with E-state index in [4.69, 9.17) is 0 Å². The highest BCUT2D eigenvalue weighted by Gasteiger charge is 2.19. The van der Waals surface area contributed by atoms with E-state index < -0.39 is 0 Å². The lowest BCUT2D eigenvalue weighted by Crippen LogP contribution is -2.27. The molecule has 0 aliphatic rings. The molecule has 19 heavy (non-hydrogen) atoms. The van der Waals surface area contributed by atoms with Gasteiger partial charge in [-0.05, 0) is 33.9 Å². The van der Waals surface area contributed by atoms with Crippen LogP contribution in [0.3, 0.4) is 0 Å². The highest BCUT2D eigenvalue weighted by atomic mass is 32.1. The number of hydrogen-bond acceptors (Lipinski definition) is 2. The van der Waals surface area contributed by atoms with Crippen LogP contribution in [0.2, 0.25) is 0 Å². The third-order valence-electron chi connectivity index (χ3n) is 3.79. The number of rotatable bonds is 7. The normalized spacial score (nSPS) is 12.8. The zero-order valence-electron chi connectivity index (χ0n) is 11.8. The van der Waals surface area contributed by atoms with E-state index in [1.165, 1.54) is 24.0 Å². The zero-order chi connectivity index (χ0) is 13.5. The lowest BCUT2D eigenvalue weighted by molar-refractivity contribution is 0.339. The Balaban J connectivity index is 2.10. The topological polar surface area (TPSA) is 12.0 Å². The van der Waals surface area contributed by atoms with Gasteiger partial charge >= 0.3 is 0 Å². The monoisotopic (exact) mass is 273 g/mol. The molecular formula is C17H23NS. The summed E-state index contributed by atoms with van der Waals surface area (Å²) in [5, 5.41) is 8.12. The van der Waals surface area contributed by atoms with Crippen molar-refractivity contribution in [2.45, 2.75) is 39.3 Å². The van der Waals surface area contributed by atoms with E-state index in [0.29, 0.717) is 12.0 Å². The number of benzene rings is 1. The Hall–Kier alpha value is -1.12. The minimum atomic E-state index is 0.455. The fourth-order valence-corrected chi connectivity index (χ4v) is 3.27. The predicted octanol–water partition coefficient (Wildman–Crippen LogP) is 5.02. The number of thiophene rings is 1. The van der Waals surface area contributed by atoms with Crippen LogP contribution >= 0.6 is 11.3 Å². The van der Waals surface area contributed by atoms with Crippen molar-refractivity contribution in [2.75, 3.05) is 0 Å². The third kappa shape index (κ3) is 3.92. The predicted molar refractivity (Wildman–Crippen MR) is 84.4 cm³/mol. The van der Waals surface area contributed by atoms with Gasteiger partial charge < -0.3 is 5.32 Å². The number of hydrogen-bond donors (Lipinski definition) is 1. The van der Waals surface area contributed by atoms with E-state index in [9.17, 15) is 0 Å². The molecule has 2 rings (SSSR count). The maximum absolute atomic E-state index is 3.75. The summed E-state index contributed by atoms with van der Waals surface area (Å²) in [6.07, 6.45) is 2.43. The van der Waals surface area contributed by atoms with E-state index >= 15 is 0 Å². The Morgan fingerprint density at radius 1 is 1.05 bits per heavy atom. The highest BCUT2D eigenvalue weighted by Crippen LogP contribution is 2.27. The minimum Gasteiger partial charge on any atom is -0.306 e. The Bertz CT molecular complexity index is 445. The molecule has 1 unspecified atom stereocenters. The van der Waals surface area contributed by atoms with Crippen molar-refractivity contribution in [1.82, 2.24) is 5.32 Å². The van der Waals surface area contributed by atoms with Gasteiger partial charge in [0.1, 0.15) is 0 Å². The summed E-state index contributed by atoms with van der Waals surface area (Å²) in [6, 6.07) is 13.5. The van der Waals surface area contributed by atoms with E-state index in [1.807, 2.05) is 0 Å². The number of nitrogens with one attached hydrogen (secondary N) is 1. The van der Waals surface area contributed by atoms with Gasteiger partial charge in [0.05, 0.1) is 0 Å². The first-order valence-corrected chi connectivity index (χ1v) is 8.08. The third-order valence-corrected chi connectivity index (χ3v) is 4.52. The van der Waals surface area contributed by atoms with Gasteiger partial charge in [-0.1, -0.05) is 57.0 Å². The van der Waals surface area contributed by atoms with Gasteiger partial charge in [0.2, 0.25) is 0 Å². The van der Waals surface area contributed by atoms with Gasteiger partial charge in [0, 0.05) is 12.6 Å². The van der Waals surface area contributed by atoms with Crippen LogP contribution in [0.25, 0.3) is 0 Å². The smallest absolute Gasteiger partial charge is 0.0351 e. The van der Waals surface area contributed by atoms with Crippen molar-refractivity contribution in [1.29, 1.82) is 0 Å². The Morgan fingerprint density at radius 3 is 2.37 bits per heavy atom. The molecule has 2 heteroatoms. The second-order valence-electron chi connectivity index (χ2n) is 4.98. The molecule has 0 fully saturated rings. The van der Waals surface area contributed by atoms with Crippen LogP contribution in [0.5, 0.6) is 0 Å². The molecule has 0 aliphatic heterocycles. The molecule has 1 atom stereocenters. The Labute approximate surface area is 120 Å². The Morgan fingerprint density at radius 2 is 1.79 bits per heavy atom. The molecule has 2 aromatic rings. The van der Waals surface area contributed by atoms with Gasteiger partial charge in [0.25, 0.3) is 0 Å².